The molecule has 5 nitrogen and oxygen atoms in total. The highest BCUT2D eigenvalue weighted by molar-refractivity contribution is 6.09. The van der Waals surface area contributed by atoms with Gasteiger partial charge in [-0.2, -0.15) is 0 Å². The quantitative estimate of drug-likeness (QED) is 0.664. The molecule has 0 unspecified atom stereocenters. The summed E-state index contributed by atoms with van der Waals surface area (Å²) in [5.74, 6) is -0.268. The molecule has 0 fully saturated rings. The third-order valence-electron chi connectivity index (χ3n) is 4.84. The number of benzene rings is 1. The van der Waals surface area contributed by atoms with Crippen LogP contribution in [0, 0.1) is 13.8 Å². The van der Waals surface area contributed by atoms with Gasteiger partial charge in [0.15, 0.2) is 0 Å². The van der Waals surface area contributed by atoms with Crippen LogP contribution in [0.25, 0.3) is 0 Å². The molecule has 2 aromatic rings. The van der Waals surface area contributed by atoms with Crippen molar-refractivity contribution in [3.05, 3.63) is 78.6 Å². The summed E-state index contributed by atoms with van der Waals surface area (Å²) in [5.41, 5.74) is 3.19. The largest absolute Gasteiger partial charge is 0.329 e. The average Bonchev–Trinajstić information content (AvgIpc) is 3.08. The first-order chi connectivity index (χ1) is 12.4. The van der Waals surface area contributed by atoms with Gasteiger partial charge < -0.3 is 0 Å². The molecule has 0 saturated heterocycles. The van der Waals surface area contributed by atoms with Gasteiger partial charge in [-0.15, -0.1) is 0 Å². The molecule has 0 saturated carbocycles. The van der Waals surface area contributed by atoms with Gasteiger partial charge in [-0.3, -0.25) is 19.1 Å². The van der Waals surface area contributed by atoms with Crippen molar-refractivity contribution < 1.29 is 4.79 Å². The second-order valence-electron chi connectivity index (χ2n) is 6.99. The number of carbonyl (C=O) groups is 1. The zero-order valence-corrected chi connectivity index (χ0v) is 15.5. The standard InChI is InChI=1S/C21H24N2O3/c1-4-17-18(19(24)16-10-13(2)9-14(3)11-16)23(21(26)22-20(17)25)12-15-7-5-6-8-15/h7,9-11H,4-6,8,12H2,1-3H3,(H,22,25,26). The van der Waals surface area contributed by atoms with Gasteiger partial charge in [0.2, 0.25) is 5.78 Å². The van der Waals surface area contributed by atoms with E-state index in [1.54, 1.807) is 12.1 Å². The van der Waals surface area contributed by atoms with Gasteiger partial charge >= 0.3 is 5.69 Å². The fourth-order valence-electron chi connectivity index (χ4n) is 3.68. The van der Waals surface area contributed by atoms with E-state index < -0.39 is 11.2 Å². The van der Waals surface area contributed by atoms with Crippen LogP contribution in [0.1, 0.15) is 58.9 Å². The summed E-state index contributed by atoms with van der Waals surface area (Å²) in [5, 5.41) is 0. The number of nitrogens with one attached hydrogen (secondary N) is 1. The third-order valence-corrected chi connectivity index (χ3v) is 4.84. The van der Waals surface area contributed by atoms with Crippen LogP contribution in [0.15, 0.2) is 39.4 Å². The summed E-state index contributed by atoms with van der Waals surface area (Å²) >= 11 is 0. The molecular weight excluding hydrogens is 328 g/mol. The molecule has 136 valence electrons. The molecule has 1 aliphatic rings. The van der Waals surface area contributed by atoms with E-state index in [2.05, 4.69) is 11.1 Å². The van der Waals surface area contributed by atoms with Crippen LogP contribution in [0.5, 0.6) is 0 Å². The molecule has 1 aliphatic carbocycles. The third kappa shape index (κ3) is 3.47. The Kier molecular flexibility index (Phi) is 5.07. The first-order valence-corrected chi connectivity index (χ1v) is 9.07. The van der Waals surface area contributed by atoms with E-state index in [4.69, 9.17) is 0 Å². The number of H-pyrrole nitrogens is 1. The van der Waals surface area contributed by atoms with Crippen molar-refractivity contribution in [1.82, 2.24) is 9.55 Å². The topological polar surface area (TPSA) is 71.9 Å². The highest BCUT2D eigenvalue weighted by Crippen LogP contribution is 2.21. The van der Waals surface area contributed by atoms with Crippen LogP contribution in [0.2, 0.25) is 0 Å². The lowest BCUT2D eigenvalue weighted by Crippen LogP contribution is -2.37. The zero-order chi connectivity index (χ0) is 18.8. The molecule has 0 aliphatic heterocycles. The maximum Gasteiger partial charge on any atom is 0.329 e. The summed E-state index contributed by atoms with van der Waals surface area (Å²) in [6.45, 7) is 6.04. The lowest BCUT2D eigenvalue weighted by Gasteiger charge is -2.16. The zero-order valence-electron chi connectivity index (χ0n) is 15.5. The molecule has 0 atom stereocenters. The molecule has 0 spiro atoms. The summed E-state index contributed by atoms with van der Waals surface area (Å²) in [7, 11) is 0. The maximum atomic E-state index is 13.3. The molecule has 26 heavy (non-hydrogen) atoms. The van der Waals surface area contributed by atoms with Crippen molar-refractivity contribution in [3.8, 4) is 0 Å². The van der Waals surface area contributed by atoms with Gasteiger partial charge in [-0.1, -0.05) is 35.8 Å². The normalized spacial score (nSPS) is 13.7. The number of hydrogen-bond acceptors (Lipinski definition) is 3. The van der Waals surface area contributed by atoms with Crippen molar-refractivity contribution in [2.75, 3.05) is 0 Å². The Morgan fingerprint density at radius 3 is 2.42 bits per heavy atom. The molecule has 0 radical (unpaired) electrons. The highest BCUT2D eigenvalue weighted by Gasteiger charge is 2.23. The fourth-order valence-corrected chi connectivity index (χ4v) is 3.68. The van der Waals surface area contributed by atoms with E-state index in [-0.39, 0.29) is 11.5 Å². The van der Waals surface area contributed by atoms with E-state index in [9.17, 15) is 14.4 Å². The number of aromatic amines is 1. The second kappa shape index (κ2) is 7.28. The van der Waals surface area contributed by atoms with Crippen LogP contribution >= 0.6 is 0 Å². The molecule has 0 bridgehead atoms. The Bertz CT molecular complexity index is 989. The number of aryl methyl sites for hydroxylation is 2. The van der Waals surface area contributed by atoms with Crippen LogP contribution in [-0.4, -0.2) is 15.3 Å². The van der Waals surface area contributed by atoms with Crippen molar-refractivity contribution in [3.63, 3.8) is 0 Å². The van der Waals surface area contributed by atoms with Crippen LogP contribution in [0.3, 0.4) is 0 Å². The van der Waals surface area contributed by atoms with E-state index in [1.165, 1.54) is 4.57 Å². The smallest absolute Gasteiger partial charge is 0.287 e. The monoisotopic (exact) mass is 352 g/mol. The molecule has 1 aromatic heterocycles. The minimum Gasteiger partial charge on any atom is -0.287 e. The molecule has 1 aromatic carbocycles. The Labute approximate surface area is 152 Å². The van der Waals surface area contributed by atoms with Crippen molar-refractivity contribution in [2.24, 2.45) is 0 Å². The molecule has 1 heterocycles. The van der Waals surface area contributed by atoms with E-state index in [0.717, 1.165) is 36.0 Å². The lowest BCUT2D eigenvalue weighted by molar-refractivity contribution is 0.102. The van der Waals surface area contributed by atoms with Gasteiger partial charge in [-0.05, 0) is 51.7 Å². The summed E-state index contributed by atoms with van der Waals surface area (Å²) in [6.07, 6.45) is 5.49. The molecule has 0 amide bonds. The van der Waals surface area contributed by atoms with Gasteiger partial charge in [0.05, 0.1) is 0 Å². The predicted octanol–water partition coefficient (Wildman–Crippen LogP) is 3.06. The summed E-state index contributed by atoms with van der Waals surface area (Å²) < 4.78 is 1.44. The number of rotatable bonds is 5. The Hall–Kier alpha value is -2.69. The predicted molar refractivity (Wildman–Crippen MR) is 102 cm³/mol. The van der Waals surface area contributed by atoms with Crippen LogP contribution in [-0.2, 0) is 13.0 Å². The summed E-state index contributed by atoms with van der Waals surface area (Å²) in [6, 6.07) is 5.60. The average molecular weight is 352 g/mol. The molecule has 5 heteroatoms. The number of ketones is 1. The first-order valence-electron chi connectivity index (χ1n) is 9.07. The Morgan fingerprint density at radius 2 is 1.85 bits per heavy atom. The van der Waals surface area contributed by atoms with Crippen molar-refractivity contribution in [2.45, 2.75) is 53.0 Å². The number of allylic oxidation sites excluding steroid dienone is 2. The molecule has 1 N–H and O–H groups in total. The fraction of sp³-hybridized carbons (Fsp3) is 0.381. The lowest BCUT2D eigenvalue weighted by atomic mass is 9.99. The summed E-state index contributed by atoms with van der Waals surface area (Å²) in [4.78, 5) is 40.5. The van der Waals surface area contributed by atoms with E-state index in [0.29, 0.717) is 24.1 Å². The molecular formula is C21H24N2O3. The first kappa shape index (κ1) is 18.1. The van der Waals surface area contributed by atoms with Crippen LogP contribution in [0.4, 0.5) is 0 Å². The van der Waals surface area contributed by atoms with Gasteiger partial charge in [0.1, 0.15) is 5.69 Å². The van der Waals surface area contributed by atoms with E-state index in [1.807, 2.05) is 26.8 Å². The number of aromatic nitrogens is 2. The van der Waals surface area contributed by atoms with Crippen LogP contribution < -0.4 is 11.2 Å². The Balaban J connectivity index is 2.21. The number of hydrogen-bond donors (Lipinski definition) is 1. The number of carbonyl (C=O) groups excluding carboxylic acids is 1. The van der Waals surface area contributed by atoms with Crippen molar-refractivity contribution >= 4 is 5.78 Å². The second-order valence-corrected chi connectivity index (χ2v) is 6.99. The molecule has 3 rings (SSSR count). The SMILES string of the molecule is CCc1c(C(=O)c2cc(C)cc(C)c2)n(CC2=CCCC2)c(=O)[nH]c1=O. The number of nitrogens with zero attached hydrogens (tertiary/aromatic N) is 1. The van der Waals surface area contributed by atoms with E-state index >= 15 is 0 Å². The highest BCUT2D eigenvalue weighted by atomic mass is 16.2. The van der Waals surface area contributed by atoms with Gasteiger partial charge in [0, 0.05) is 17.7 Å². The van der Waals surface area contributed by atoms with Gasteiger partial charge in [0.25, 0.3) is 5.56 Å². The maximum absolute atomic E-state index is 13.3. The van der Waals surface area contributed by atoms with Crippen molar-refractivity contribution in [1.29, 1.82) is 0 Å². The Morgan fingerprint density at radius 1 is 1.15 bits per heavy atom. The minimum atomic E-state index is -0.521. The van der Waals surface area contributed by atoms with Gasteiger partial charge in [-0.25, -0.2) is 4.79 Å². The minimum absolute atomic E-state index is 0.221.